The maximum atomic E-state index is 4.27. The fourth-order valence-corrected chi connectivity index (χ4v) is 2.38. The van der Waals surface area contributed by atoms with E-state index in [0.29, 0.717) is 0 Å². The van der Waals surface area contributed by atoms with Crippen LogP contribution in [0.1, 0.15) is 38.9 Å². The molecule has 2 heterocycles. The van der Waals surface area contributed by atoms with Crippen molar-refractivity contribution in [1.29, 1.82) is 0 Å². The molecule has 0 bridgehead atoms. The third kappa shape index (κ3) is 3.80. The smallest absolute Gasteiger partial charge is 0.133 e. The molecule has 2 rings (SSSR count). The molecule has 1 unspecified atom stereocenters. The highest BCUT2D eigenvalue weighted by Gasteiger charge is 2.16. The van der Waals surface area contributed by atoms with Crippen LogP contribution in [0.4, 0.5) is 0 Å². The molecule has 1 saturated heterocycles. The summed E-state index contributed by atoms with van der Waals surface area (Å²) < 4.78 is 2.23. The quantitative estimate of drug-likeness (QED) is 0.848. The van der Waals surface area contributed by atoms with Crippen LogP contribution in [-0.2, 0) is 13.0 Å². The van der Waals surface area contributed by atoms with Gasteiger partial charge in [-0.15, -0.1) is 10.2 Å². The van der Waals surface area contributed by atoms with Crippen LogP contribution in [0.2, 0.25) is 0 Å². The number of aromatic nitrogens is 3. The van der Waals surface area contributed by atoms with Crippen LogP contribution in [0, 0.1) is 11.8 Å². The van der Waals surface area contributed by atoms with E-state index in [1.165, 1.54) is 31.6 Å². The molecular formula is C13H24N4. The van der Waals surface area contributed by atoms with Crippen molar-refractivity contribution in [3.8, 4) is 0 Å². The second-order valence-electron chi connectivity index (χ2n) is 5.54. The number of hydrogen-bond donors (Lipinski definition) is 1. The molecule has 1 aliphatic heterocycles. The molecule has 1 fully saturated rings. The Labute approximate surface area is 104 Å². The van der Waals surface area contributed by atoms with E-state index in [1.54, 1.807) is 0 Å². The fourth-order valence-electron chi connectivity index (χ4n) is 2.38. The van der Waals surface area contributed by atoms with Gasteiger partial charge in [-0.3, -0.25) is 0 Å². The second kappa shape index (κ2) is 6.15. The summed E-state index contributed by atoms with van der Waals surface area (Å²) in [6.07, 6.45) is 6.78. The third-order valence-electron chi connectivity index (χ3n) is 3.51. The van der Waals surface area contributed by atoms with Crippen LogP contribution in [0.5, 0.6) is 0 Å². The molecular weight excluding hydrogens is 212 g/mol. The number of aryl methyl sites for hydroxylation is 1. The van der Waals surface area contributed by atoms with Crippen LogP contribution >= 0.6 is 0 Å². The molecule has 96 valence electrons. The number of nitrogens with zero attached hydrogens (tertiary/aromatic N) is 3. The highest BCUT2D eigenvalue weighted by atomic mass is 15.3. The van der Waals surface area contributed by atoms with E-state index in [4.69, 9.17) is 0 Å². The van der Waals surface area contributed by atoms with Crippen LogP contribution in [0.25, 0.3) is 0 Å². The molecule has 0 radical (unpaired) electrons. The van der Waals surface area contributed by atoms with Crippen molar-refractivity contribution in [1.82, 2.24) is 20.1 Å². The van der Waals surface area contributed by atoms with E-state index in [-0.39, 0.29) is 0 Å². The molecule has 0 aliphatic carbocycles. The first-order valence-electron chi connectivity index (χ1n) is 6.83. The van der Waals surface area contributed by atoms with Gasteiger partial charge in [-0.1, -0.05) is 13.8 Å². The Bertz CT molecular complexity index is 326. The average Bonchev–Trinajstić information content (AvgIpc) is 2.75. The molecule has 1 N–H and O–H groups in total. The molecule has 1 aliphatic rings. The van der Waals surface area contributed by atoms with Gasteiger partial charge in [-0.05, 0) is 44.2 Å². The Morgan fingerprint density at radius 3 is 3.12 bits per heavy atom. The van der Waals surface area contributed by atoms with Crippen LogP contribution in [0.3, 0.4) is 0 Å². The normalized spacial score (nSPS) is 21.0. The Morgan fingerprint density at radius 1 is 1.53 bits per heavy atom. The summed E-state index contributed by atoms with van der Waals surface area (Å²) >= 11 is 0. The average molecular weight is 236 g/mol. The highest BCUT2D eigenvalue weighted by Crippen LogP contribution is 2.15. The Kier molecular flexibility index (Phi) is 4.54. The summed E-state index contributed by atoms with van der Waals surface area (Å²) in [4.78, 5) is 0. The maximum Gasteiger partial charge on any atom is 0.133 e. The summed E-state index contributed by atoms with van der Waals surface area (Å²) in [5.41, 5.74) is 0. The minimum absolute atomic E-state index is 0.738. The van der Waals surface area contributed by atoms with Crippen molar-refractivity contribution in [3.63, 3.8) is 0 Å². The fraction of sp³-hybridized carbons (Fsp3) is 0.846. The summed E-state index contributed by atoms with van der Waals surface area (Å²) in [5.74, 6) is 2.65. The highest BCUT2D eigenvalue weighted by molar-refractivity contribution is 4.90. The second-order valence-corrected chi connectivity index (χ2v) is 5.54. The standard InChI is InChI=1S/C13H24N4/c1-11(2)5-7-17-10-15-16-13(17)8-12-4-3-6-14-9-12/h10-12,14H,3-9H2,1-2H3. The summed E-state index contributed by atoms with van der Waals surface area (Å²) in [7, 11) is 0. The van der Waals surface area contributed by atoms with Crippen LogP contribution < -0.4 is 5.32 Å². The van der Waals surface area contributed by atoms with Crippen molar-refractivity contribution in [2.24, 2.45) is 11.8 Å². The Morgan fingerprint density at radius 2 is 2.41 bits per heavy atom. The van der Waals surface area contributed by atoms with Gasteiger partial charge >= 0.3 is 0 Å². The van der Waals surface area contributed by atoms with E-state index in [2.05, 4.69) is 33.9 Å². The zero-order valence-corrected chi connectivity index (χ0v) is 11.0. The topological polar surface area (TPSA) is 42.7 Å². The van der Waals surface area contributed by atoms with Crippen molar-refractivity contribution in [2.45, 2.75) is 46.1 Å². The molecule has 1 atom stereocenters. The van der Waals surface area contributed by atoms with E-state index in [0.717, 1.165) is 31.3 Å². The number of nitrogens with one attached hydrogen (secondary N) is 1. The molecule has 0 amide bonds. The Hall–Kier alpha value is -0.900. The lowest BCUT2D eigenvalue weighted by Crippen LogP contribution is -2.31. The van der Waals surface area contributed by atoms with E-state index in [9.17, 15) is 0 Å². The Balaban J connectivity index is 1.88. The molecule has 4 nitrogen and oxygen atoms in total. The monoisotopic (exact) mass is 236 g/mol. The van der Waals surface area contributed by atoms with E-state index < -0.39 is 0 Å². The minimum atomic E-state index is 0.738. The third-order valence-corrected chi connectivity index (χ3v) is 3.51. The van der Waals surface area contributed by atoms with Gasteiger partial charge in [0.05, 0.1) is 0 Å². The SMILES string of the molecule is CC(C)CCn1cnnc1CC1CCCNC1. The molecule has 0 saturated carbocycles. The van der Waals surface area contributed by atoms with Gasteiger partial charge in [-0.25, -0.2) is 0 Å². The minimum Gasteiger partial charge on any atom is -0.318 e. The van der Waals surface area contributed by atoms with Crippen LogP contribution in [0.15, 0.2) is 6.33 Å². The molecule has 0 spiro atoms. The van der Waals surface area contributed by atoms with E-state index >= 15 is 0 Å². The van der Waals surface area contributed by atoms with Crippen molar-refractivity contribution in [3.05, 3.63) is 12.2 Å². The first kappa shape index (κ1) is 12.6. The van der Waals surface area contributed by atoms with Crippen LogP contribution in [-0.4, -0.2) is 27.9 Å². The van der Waals surface area contributed by atoms with Gasteiger partial charge in [0.2, 0.25) is 0 Å². The number of piperidine rings is 1. The van der Waals surface area contributed by atoms with Gasteiger partial charge in [0, 0.05) is 13.0 Å². The summed E-state index contributed by atoms with van der Waals surface area (Å²) in [6.45, 7) is 7.89. The zero-order chi connectivity index (χ0) is 12.1. The molecule has 0 aromatic carbocycles. The molecule has 17 heavy (non-hydrogen) atoms. The molecule has 1 aromatic heterocycles. The lowest BCUT2D eigenvalue weighted by molar-refractivity contribution is 0.364. The van der Waals surface area contributed by atoms with E-state index in [1.807, 2.05) is 6.33 Å². The number of rotatable bonds is 5. The van der Waals surface area contributed by atoms with Gasteiger partial charge in [0.1, 0.15) is 12.2 Å². The van der Waals surface area contributed by atoms with Crippen molar-refractivity contribution < 1.29 is 0 Å². The van der Waals surface area contributed by atoms with Gasteiger partial charge in [-0.2, -0.15) is 0 Å². The molecule has 4 heteroatoms. The lowest BCUT2D eigenvalue weighted by atomic mass is 9.96. The van der Waals surface area contributed by atoms with Gasteiger partial charge in [0.25, 0.3) is 0 Å². The largest absolute Gasteiger partial charge is 0.318 e. The van der Waals surface area contributed by atoms with Crippen molar-refractivity contribution >= 4 is 0 Å². The van der Waals surface area contributed by atoms with Gasteiger partial charge < -0.3 is 9.88 Å². The van der Waals surface area contributed by atoms with Crippen molar-refractivity contribution in [2.75, 3.05) is 13.1 Å². The van der Waals surface area contributed by atoms with Gasteiger partial charge in [0.15, 0.2) is 0 Å². The first-order chi connectivity index (χ1) is 8.25. The molecule has 1 aromatic rings. The number of hydrogen-bond acceptors (Lipinski definition) is 3. The summed E-state index contributed by atoms with van der Waals surface area (Å²) in [5, 5.41) is 11.8. The lowest BCUT2D eigenvalue weighted by Gasteiger charge is -2.22. The predicted octanol–water partition coefficient (Wildman–Crippen LogP) is 1.87. The first-order valence-corrected chi connectivity index (χ1v) is 6.83. The predicted molar refractivity (Wildman–Crippen MR) is 68.8 cm³/mol. The maximum absolute atomic E-state index is 4.27. The summed E-state index contributed by atoms with van der Waals surface area (Å²) in [6, 6.07) is 0. The zero-order valence-electron chi connectivity index (χ0n) is 11.0.